The van der Waals surface area contributed by atoms with Crippen LogP contribution in [0.4, 0.5) is 20.7 Å². The molecule has 0 bridgehead atoms. The zero-order chi connectivity index (χ0) is 22.4. The standard InChI is InChI=1S/C22H22FN5O3/c1-30-18-8-3-13(9-19(18)31-2)11-27-22(29)28-20-10-17(24)16(12-26-20)21(25)14-4-6-15(23)7-5-14/h3-10,12,25H,11H2,1-2H3,(H4,24,26,27,28,29). The van der Waals surface area contributed by atoms with Gasteiger partial charge in [-0.05, 0) is 42.0 Å². The van der Waals surface area contributed by atoms with E-state index in [4.69, 9.17) is 20.6 Å². The number of anilines is 2. The van der Waals surface area contributed by atoms with E-state index in [1.165, 1.54) is 43.6 Å². The minimum Gasteiger partial charge on any atom is -0.493 e. The molecule has 0 aliphatic heterocycles. The zero-order valence-electron chi connectivity index (χ0n) is 17.0. The number of pyridine rings is 1. The van der Waals surface area contributed by atoms with Crippen LogP contribution in [0.5, 0.6) is 11.5 Å². The van der Waals surface area contributed by atoms with Crippen LogP contribution < -0.4 is 25.8 Å². The Morgan fingerprint density at radius 1 is 1.10 bits per heavy atom. The molecule has 0 atom stereocenters. The Bertz CT molecular complexity index is 1100. The van der Waals surface area contributed by atoms with Gasteiger partial charge in [0.15, 0.2) is 11.5 Å². The molecular weight excluding hydrogens is 401 g/mol. The number of urea groups is 1. The number of nitrogens with two attached hydrogens (primary N) is 1. The lowest BCUT2D eigenvalue weighted by Crippen LogP contribution is -2.28. The van der Waals surface area contributed by atoms with Crippen molar-refractivity contribution in [3.05, 3.63) is 77.2 Å². The van der Waals surface area contributed by atoms with Crippen molar-refractivity contribution in [2.75, 3.05) is 25.3 Å². The molecule has 0 spiro atoms. The molecule has 1 heterocycles. The van der Waals surface area contributed by atoms with E-state index in [9.17, 15) is 9.18 Å². The van der Waals surface area contributed by atoms with Gasteiger partial charge in [0, 0.05) is 35.6 Å². The first kappa shape index (κ1) is 21.6. The fourth-order valence-electron chi connectivity index (χ4n) is 2.85. The minimum absolute atomic E-state index is 0.106. The lowest BCUT2D eigenvalue weighted by Gasteiger charge is -2.12. The molecule has 5 N–H and O–H groups in total. The Kier molecular flexibility index (Phi) is 6.66. The maximum absolute atomic E-state index is 13.1. The number of amides is 2. The molecule has 160 valence electrons. The van der Waals surface area contributed by atoms with E-state index >= 15 is 0 Å². The fraction of sp³-hybridized carbons (Fsp3) is 0.136. The lowest BCUT2D eigenvalue weighted by atomic mass is 10.0. The van der Waals surface area contributed by atoms with E-state index in [1.807, 2.05) is 6.07 Å². The van der Waals surface area contributed by atoms with Gasteiger partial charge in [-0.3, -0.25) is 10.7 Å². The van der Waals surface area contributed by atoms with Gasteiger partial charge in [-0.25, -0.2) is 14.2 Å². The molecule has 3 rings (SSSR count). The number of rotatable bonds is 7. The van der Waals surface area contributed by atoms with Crippen LogP contribution in [0, 0.1) is 11.2 Å². The normalized spacial score (nSPS) is 10.3. The van der Waals surface area contributed by atoms with E-state index in [0.29, 0.717) is 22.6 Å². The van der Waals surface area contributed by atoms with E-state index in [1.54, 1.807) is 19.2 Å². The largest absolute Gasteiger partial charge is 0.493 e. The molecule has 8 nitrogen and oxygen atoms in total. The van der Waals surface area contributed by atoms with Crippen LogP contribution in [0.15, 0.2) is 54.7 Å². The third-order valence-electron chi connectivity index (χ3n) is 4.48. The molecule has 0 aliphatic carbocycles. The number of halogens is 1. The van der Waals surface area contributed by atoms with Crippen molar-refractivity contribution in [3.63, 3.8) is 0 Å². The fourth-order valence-corrected chi connectivity index (χ4v) is 2.85. The molecule has 31 heavy (non-hydrogen) atoms. The average Bonchev–Trinajstić information content (AvgIpc) is 2.77. The molecule has 1 aromatic heterocycles. The summed E-state index contributed by atoms with van der Waals surface area (Å²) in [7, 11) is 3.09. The van der Waals surface area contributed by atoms with Crippen LogP contribution in [0.25, 0.3) is 0 Å². The number of hydrogen-bond acceptors (Lipinski definition) is 6. The molecule has 3 aromatic rings. The van der Waals surface area contributed by atoms with Gasteiger partial charge >= 0.3 is 6.03 Å². The van der Waals surface area contributed by atoms with E-state index < -0.39 is 6.03 Å². The van der Waals surface area contributed by atoms with Crippen molar-refractivity contribution in [2.45, 2.75) is 6.54 Å². The highest BCUT2D eigenvalue weighted by Gasteiger charge is 2.12. The number of nitrogens with zero attached hydrogens (tertiary/aromatic N) is 1. The van der Waals surface area contributed by atoms with Crippen molar-refractivity contribution < 1.29 is 18.7 Å². The summed E-state index contributed by atoms with van der Waals surface area (Å²) in [6.07, 6.45) is 1.39. The van der Waals surface area contributed by atoms with Gasteiger partial charge in [-0.1, -0.05) is 6.07 Å². The summed E-state index contributed by atoms with van der Waals surface area (Å²) in [5, 5.41) is 13.6. The van der Waals surface area contributed by atoms with Crippen LogP contribution in [0.3, 0.4) is 0 Å². The zero-order valence-corrected chi connectivity index (χ0v) is 17.0. The van der Waals surface area contributed by atoms with Crippen molar-refractivity contribution in [1.29, 1.82) is 5.41 Å². The second kappa shape index (κ2) is 9.57. The van der Waals surface area contributed by atoms with Gasteiger partial charge < -0.3 is 20.5 Å². The second-order valence-corrected chi connectivity index (χ2v) is 6.54. The van der Waals surface area contributed by atoms with Gasteiger partial charge in [-0.15, -0.1) is 0 Å². The summed E-state index contributed by atoms with van der Waals surface area (Å²) in [5.74, 6) is 1.01. The summed E-state index contributed by atoms with van der Waals surface area (Å²) < 4.78 is 23.5. The Labute approximate surface area is 178 Å². The van der Waals surface area contributed by atoms with E-state index in [-0.39, 0.29) is 29.6 Å². The quantitative estimate of drug-likeness (QED) is 0.433. The van der Waals surface area contributed by atoms with E-state index in [2.05, 4.69) is 15.6 Å². The molecule has 0 saturated carbocycles. The predicted molar refractivity (Wildman–Crippen MR) is 116 cm³/mol. The number of carbonyl (C=O) groups excluding carboxylic acids is 1. The Morgan fingerprint density at radius 3 is 2.45 bits per heavy atom. The summed E-state index contributed by atoms with van der Waals surface area (Å²) >= 11 is 0. The van der Waals surface area contributed by atoms with Crippen LogP contribution >= 0.6 is 0 Å². The SMILES string of the molecule is COc1ccc(CNC(=O)Nc2cc(N)c(C(=N)c3ccc(F)cc3)cn2)cc1OC. The van der Waals surface area contributed by atoms with Gasteiger partial charge in [0.25, 0.3) is 0 Å². The second-order valence-electron chi connectivity index (χ2n) is 6.54. The molecular formula is C22H22FN5O3. The third-order valence-corrected chi connectivity index (χ3v) is 4.48. The summed E-state index contributed by atoms with van der Waals surface area (Å²) in [5.41, 5.74) is 8.11. The monoisotopic (exact) mass is 423 g/mol. The first-order valence-electron chi connectivity index (χ1n) is 9.27. The average molecular weight is 423 g/mol. The number of nitrogen functional groups attached to an aromatic ring is 1. The summed E-state index contributed by atoms with van der Waals surface area (Å²) in [6, 6.07) is 11.9. The van der Waals surface area contributed by atoms with Crippen LogP contribution in [0.2, 0.25) is 0 Å². The first-order chi connectivity index (χ1) is 14.9. The Hall–Kier alpha value is -4.14. The van der Waals surface area contributed by atoms with Gasteiger partial charge in [0.2, 0.25) is 0 Å². The number of ether oxygens (including phenoxy) is 2. The van der Waals surface area contributed by atoms with Crippen molar-refractivity contribution >= 4 is 23.2 Å². The molecule has 0 saturated heterocycles. The highest BCUT2D eigenvalue weighted by atomic mass is 19.1. The number of aromatic nitrogens is 1. The molecule has 9 heteroatoms. The molecule has 0 unspecified atom stereocenters. The third kappa shape index (κ3) is 5.27. The highest BCUT2D eigenvalue weighted by molar-refractivity contribution is 6.13. The van der Waals surface area contributed by atoms with Crippen LogP contribution in [-0.2, 0) is 6.54 Å². The van der Waals surface area contributed by atoms with E-state index in [0.717, 1.165) is 5.56 Å². The van der Waals surface area contributed by atoms with Gasteiger partial charge in [0.1, 0.15) is 11.6 Å². The number of hydrogen-bond donors (Lipinski definition) is 4. The van der Waals surface area contributed by atoms with Crippen LogP contribution in [0.1, 0.15) is 16.7 Å². The predicted octanol–water partition coefficient (Wildman–Crippen LogP) is 3.56. The molecule has 0 aliphatic rings. The lowest BCUT2D eigenvalue weighted by molar-refractivity contribution is 0.251. The smallest absolute Gasteiger partial charge is 0.320 e. The van der Waals surface area contributed by atoms with Crippen molar-refractivity contribution in [1.82, 2.24) is 10.3 Å². The van der Waals surface area contributed by atoms with Crippen molar-refractivity contribution in [2.24, 2.45) is 0 Å². The maximum atomic E-state index is 13.1. The molecule has 0 fully saturated rings. The molecule has 2 amide bonds. The summed E-state index contributed by atoms with van der Waals surface area (Å²) in [4.78, 5) is 16.4. The van der Waals surface area contributed by atoms with Crippen LogP contribution in [-0.4, -0.2) is 30.9 Å². The highest BCUT2D eigenvalue weighted by Crippen LogP contribution is 2.27. The number of methoxy groups -OCH3 is 2. The topological polar surface area (TPSA) is 122 Å². The molecule has 2 aromatic carbocycles. The van der Waals surface area contributed by atoms with Gasteiger partial charge in [0.05, 0.1) is 19.9 Å². The molecule has 0 radical (unpaired) electrons. The Balaban J connectivity index is 1.62. The summed E-state index contributed by atoms with van der Waals surface area (Å²) in [6.45, 7) is 0.259. The maximum Gasteiger partial charge on any atom is 0.320 e. The number of nitrogens with one attached hydrogen (secondary N) is 3. The number of carbonyl (C=O) groups is 1. The first-order valence-corrected chi connectivity index (χ1v) is 9.27. The minimum atomic E-state index is -0.469. The number of benzene rings is 2. The van der Waals surface area contributed by atoms with Gasteiger partial charge in [-0.2, -0.15) is 0 Å². The van der Waals surface area contributed by atoms with Crippen molar-refractivity contribution in [3.8, 4) is 11.5 Å². The Morgan fingerprint density at radius 2 is 1.81 bits per heavy atom.